The van der Waals surface area contributed by atoms with Crippen LogP contribution < -0.4 is 10.6 Å². The van der Waals surface area contributed by atoms with Gasteiger partial charge in [0.2, 0.25) is 5.13 Å². The lowest BCUT2D eigenvalue weighted by Crippen LogP contribution is -2.28. The molecule has 5 aromatic rings. The minimum Gasteiger partial charge on any atom is -0.422 e. The Balaban J connectivity index is 1.31. The highest BCUT2D eigenvalue weighted by Crippen LogP contribution is 2.47. The molecular formula is C32H23F2N3O2S. The Morgan fingerprint density at radius 1 is 0.975 bits per heavy atom. The Labute approximate surface area is 232 Å². The molecule has 0 unspecified atom stereocenters. The summed E-state index contributed by atoms with van der Waals surface area (Å²) in [4.78, 5) is 17.7. The fourth-order valence-corrected chi connectivity index (χ4v) is 6.46. The zero-order chi connectivity index (χ0) is 27.2. The van der Waals surface area contributed by atoms with Crippen LogP contribution in [0.5, 0.6) is 0 Å². The predicted molar refractivity (Wildman–Crippen MR) is 154 cm³/mol. The number of para-hydroxylation sites is 1. The third-order valence-electron chi connectivity index (χ3n) is 7.53. The summed E-state index contributed by atoms with van der Waals surface area (Å²) in [5.41, 5.74) is 4.91. The molecule has 0 radical (unpaired) electrons. The maximum Gasteiger partial charge on any atom is 0.345 e. The van der Waals surface area contributed by atoms with Crippen molar-refractivity contribution in [2.24, 2.45) is 11.0 Å². The van der Waals surface area contributed by atoms with Crippen LogP contribution in [0, 0.1) is 17.6 Å². The quantitative estimate of drug-likeness (QED) is 0.212. The van der Waals surface area contributed by atoms with Crippen LogP contribution in [0.4, 0.5) is 13.9 Å². The minimum absolute atomic E-state index is 0.0731. The van der Waals surface area contributed by atoms with E-state index in [2.05, 4.69) is 6.08 Å². The fraction of sp³-hybridized carbons (Fsp3) is 0.156. The minimum atomic E-state index is -0.448. The van der Waals surface area contributed by atoms with E-state index in [1.807, 2.05) is 28.6 Å². The van der Waals surface area contributed by atoms with Gasteiger partial charge in [-0.15, -0.1) is 11.3 Å². The number of hydrogen-bond acceptors (Lipinski definition) is 6. The largest absolute Gasteiger partial charge is 0.422 e. The third-order valence-corrected chi connectivity index (χ3v) is 8.36. The zero-order valence-corrected chi connectivity index (χ0v) is 22.1. The van der Waals surface area contributed by atoms with Crippen molar-refractivity contribution in [1.82, 2.24) is 4.98 Å². The second-order valence-corrected chi connectivity index (χ2v) is 10.9. The van der Waals surface area contributed by atoms with Gasteiger partial charge in [-0.25, -0.2) is 23.6 Å². The Morgan fingerprint density at radius 2 is 1.73 bits per heavy atom. The van der Waals surface area contributed by atoms with Crippen LogP contribution in [0.3, 0.4) is 0 Å². The fourth-order valence-electron chi connectivity index (χ4n) is 5.65. The van der Waals surface area contributed by atoms with Gasteiger partial charge in [0.1, 0.15) is 17.2 Å². The van der Waals surface area contributed by atoms with E-state index >= 15 is 0 Å². The van der Waals surface area contributed by atoms with Gasteiger partial charge in [-0.3, -0.25) is 0 Å². The van der Waals surface area contributed by atoms with E-state index in [-0.39, 0.29) is 23.6 Å². The maximum absolute atomic E-state index is 13.9. The van der Waals surface area contributed by atoms with Crippen LogP contribution in [0.1, 0.15) is 36.4 Å². The van der Waals surface area contributed by atoms with Crippen LogP contribution >= 0.6 is 11.3 Å². The molecular weight excluding hydrogens is 528 g/mol. The highest BCUT2D eigenvalue weighted by Gasteiger charge is 2.43. The number of aromatic nitrogens is 1. The Bertz CT molecular complexity index is 1840. The smallest absolute Gasteiger partial charge is 0.345 e. The van der Waals surface area contributed by atoms with Crippen molar-refractivity contribution in [2.45, 2.75) is 25.3 Å². The van der Waals surface area contributed by atoms with Crippen LogP contribution in [0.15, 0.2) is 104 Å². The highest BCUT2D eigenvalue weighted by molar-refractivity contribution is 7.14. The van der Waals surface area contributed by atoms with Crippen LogP contribution in [0.2, 0.25) is 0 Å². The molecule has 0 amide bonds. The lowest BCUT2D eigenvalue weighted by Gasteiger charge is -2.29. The van der Waals surface area contributed by atoms with Crippen molar-refractivity contribution >= 4 is 39.2 Å². The van der Waals surface area contributed by atoms with E-state index in [9.17, 15) is 13.6 Å². The van der Waals surface area contributed by atoms with Crippen molar-refractivity contribution in [3.8, 4) is 11.3 Å². The number of hydrogen-bond donors (Lipinski definition) is 0. The van der Waals surface area contributed by atoms with E-state index in [1.165, 1.54) is 35.6 Å². The molecule has 198 valence electrons. The van der Waals surface area contributed by atoms with Gasteiger partial charge in [-0.1, -0.05) is 42.5 Å². The summed E-state index contributed by atoms with van der Waals surface area (Å²) in [6, 6.07) is 22.0. The first-order valence-electron chi connectivity index (χ1n) is 13.1. The van der Waals surface area contributed by atoms with Gasteiger partial charge in [0, 0.05) is 16.7 Å². The first kappa shape index (κ1) is 24.6. The first-order chi connectivity index (χ1) is 19.5. The molecule has 2 aliphatic rings. The summed E-state index contributed by atoms with van der Waals surface area (Å²) < 4.78 is 32.9. The average Bonchev–Trinajstić information content (AvgIpc) is 3.60. The summed E-state index contributed by atoms with van der Waals surface area (Å²) >= 11 is 1.40. The topological polar surface area (TPSA) is 58.7 Å². The molecule has 0 N–H and O–H groups in total. The highest BCUT2D eigenvalue weighted by atomic mass is 32.1. The van der Waals surface area contributed by atoms with Crippen LogP contribution in [0.25, 0.3) is 28.3 Å². The molecule has 3 heterocycles. The van der Waals surface area contributed by atoms with Gasteiger partial charge in [-0.2, -0.15) is 5.10 Å². The molecule has 0 spiro atoms. The third kappa shape index (κ3) is 4.44. The molecule has 0 saturated heterocycles. The number of halogens is 2. The van der Waals surface area contributed by atoms with Gasteiger partial charge in [0.05, 0.1) is 23.0 Å². The van der Waals surface area contributed by atoms with Gasteiger partial charge in [0.25, 0.3) is 0 Å². The number of thiazole rings is 1. The molecule has 40 heavy (non-hydrogen) atoms. The summed E-state index contributed by atoms with van der Waals surface area (Å²) in [5.74, 6) is -0.497. The van der Waals surface area contributed by atoms with Crippen molar-refractivity contribution in [1.29, 1.82) is 0 Å². The molecule has 8 heteroatoms. The van der Waals surface area contributed by atoms with E-state index in [4.69, 9.17) is 14.5 Å². The monoisotopic (exact) mass is 551 g/mol. The predicted octanol–water partition coefficient (Wildman–Crippen LogP) is 8.00. The number of nitrogens with zero attached hydrogens (tertiary/aromatic N) is 3. The molecule has 3 aromatic carbocycles. The summed E-state index contributed by atoms with van der Waals surface area (Å²) in [5, 5.41) is 10.3. The van der Waals surface area contributed by atoms with Crippen LogP contribution in [-0.4, -0.2) is 10.7 Å². The van der Waals surface area contributed by atoms with E-state index in [0.29, 0.717) is 22.0 Å². The van der Waals surface area contributed by atoms with E-state index < -0.39 is 5.63 Å². The Kier molecular flexibility index (Phi) is 6.12. The van der Waals surface area contributed by atoms with Crippen LogP contribution in [-0.2, 0) is 0 Å². The summed E-state index contributed by atoms with van der Waals surface area (Å²) in [7, 11) is 0. The van der Waals surface area contributed by atoms with Gasteiger partial charge in [0.15, 0.2) is 0 Å². The lowest BCUT2D eigenvalue weighted by molar-refractivity contribution is 0.486. The number of hydrazone groups is 1. The second-order valence-electron chi connectivity index (χ2n) is 10.0. The average molecular weight is 552 g/mol. The second kappa shape index (κ2) is 9.95. The number of benzene rings is 3. The summed E-state index contributed by atoms with van der Waals surface area (Å²) in [6.07, 6.45) is 4.83. The Hall–Kier alpha value is -4.43. The molecule has 5 nitrogen and oxygen atoms in total. The normalized spacial score (nSPS) is 19.7. The van der Waals surface area contributed by atoms with Gasteiger partial charge >= 0.3 is 5.63 Å². The Morgan fingerprint density at radius 3 is 2.52 bits per heavy atom. The molecule has 2 atom stereocenters. The van der Waals surface area contributed by atoms with Gasteiger partial charge < -0.3 is 4.42 Å². The number of fused-ring (bicyclic) bond motifs is 2. The van der Waals surface area contributed by atoms with Gasteiger partial charge in [-0.05, 0) is 78.4 Å². The number of rotatable bonds is 4. The number of anilines is 1. The van der Waals surface area contributed by atoms with Crippen molar-refractivity contribution in [3.63, 3.8) is 0 Å². The molecule has 1 fully saturated rings. The van der Waals surface area contributed by atoms with Crippen molar-refractivity contribution < 1.29 is 13.2 Å². The van der Waals surface area contributed by atoms with E-state index in [0.717, 1.165) is 47.1 Å². The molecule has 2 aromatic heterocycles. The molecule has 1 aliphatic carbocycles. The molecule has 7 rings (SSSR count). The molecule has 0 bridgehead atoms. The van der Waals surface area contributed by atoms with E-state index in [1.54, 1.807) is 36.4 Å². The standard InChI is InChI=1S/C32H23F2N3O2S/c33-23-12-8-19(9-13-23)16-22-5-3-6-25-29(22)36-37(30(25)20-10-14-24(34)15-11-20)32-35-27(18-40-32)26-17-21-4-1-2-7-28(21)39-31(26)38/h1-2,4,7-18,25,30H,3,5-6H2/b22-16+/t25-,30+/m1/s1. The molecule has 1 saturated carbocycles. The summed E-state index contributed by atoms with van der Waals surface area (Å²) in [6.45, 7) is 0. The molecule has 1 aliphatic heterocycles. The first-order valence-corrected chi connectivity index (χ1v) is 14.0. The number of allylic oxidation sites excluding steroid dienone is 1. The maximum atomic E-state index is 13.9. The van der Waals surface area contributed by atoms with Crippen molar-refractivity contribution in [3.05, 3.63) is 123 Å². The lowest BCUT2D eigenvalue weighted by atomic mass is 9.77. The SMILES string of the molecule is O=c1oc2ccccc2cc1-c1csc(N2N=C3/C(=C/c4ccc(F)cc4)CCC[C@H]3[C@@H]2c2ccc(F)cc2)n1. The van der Waals surface area contributed by atoms with Crippen molar-refractivity contribution in [2.75, 3.05) is 5.01 Å². The zero-order valence-electron chi connectivity index (χ0n) is 21.3.